The monoisotopic (exact) mass is 608 g/mol. The molecule has 0 bridgehead atoms. The van der Waals surface area contributed by atoms with Gasteiger partial charge < -0.3 is 25.1 Å². The van der Waals surface area contributed by atoms with Gasteiger partial charge in [-0.15, -0.1) is 0 Å². The van der Waals surface area contributed by atoms with Gasteiger partial charge in [0.1, 0.15) is 5.69 Å². The Morgan fingerprint density at radius 2 is 1.58 bits per heavy atom. The molecule has 0 amide bonds. The smallest absolute Gasteiger partial charge is 0.860 e. The maximum absolute atomic E-state index is 12.2. The van der Waals surface area contributed by atoms with Crippen LogP contribution in [-0.4, -0.2) is 32.3 Å². The van der Waals surface area contributed by atoms with E-state index in [0.717, 1.165) is 12.6 Å². The molecule has 3 heterocycles. The molecule has 0 saturated heterocycles. The fourth-order valence-corrected chi connectivity index (χ4v) is 3.25. The van der Waals surface area contributed by atoms with E-state index in [2.05, 4.69) is 39.0 Å². The molecule has 1 aliphatic heterocycles. The first kappa shape index (κ1) is 28.6. The van der Waals surface area contributed by atoms with E-state index < -0.39 is 11.9 Å². The van der Waals surface area contributed by atoms with Gasteiger partial charge in [0.05, 0.1) is 5.69 Å². The number of benzene rings is 2. The van der Waals surface area contributed by atoms with Crippen LogP contribution in [0.15, 0.2) is 109 Å². The van der Waals surface area contributed by atoms with Crippen LogP contribution in [0.1, 0.15) is 11.3 Å². The Bertz CT molecular complexity index is 1310. The molecule has 5 rings (SSSR count). The molecule has 0 unspecified atom stereocenters. The molecule has 4 aromatic rings. The summed E-state index contributed by atoms with van der Waals surface area (Å²) in [7, 11) is 0. The average Bonchev–Trinajstić information content (AvgIpc) is 3.56. The molecular formula is C27H21F3N6OPd. The third kappa shape index (κ3) is 8.58. The van der Waals surface area contributed by atoms with Crippen molar-refractivity contribution in [3.05, 3.63) is 121 Å². The zero-order chi connectivity index (χ0) is 26.1. The minimum atomic E-state index is -4.46. The van der Waals surface area contributed by atoms with E-state index in [1.165, 1.54) is 11.8 Å². The maximum atomic E-state index is 12.2. The predicted octanol–water partition coefficient (Wildman–Crippen LogP) is 4.48. The normalized spacial score (nSPS) is 13.1. The summed E-state index contributed by atoms with van der Waals surface area (Å²) in [5.41, 5.74) is 1.38. The number of aliphatic imine (C=N–C) groups is 1. The summed E-state index contributed by atoms with van der Waals surface area (Å²) < 4.78 is 36.6. The van der Waals surface area contributed by atoms with E-state index >= 15 is 0 Å². The second-order valence-electron chi connectivity index (χ2n) is 7.81. The van der Waals surface area contributed by atoms with E-state index in [1.807, 2.05) is 65.8 Å². The van der Waals surface area contributed by atoms with Crippen LogP contribution in [0.25, 0.3) is 11.4 Å². The minimum Gasteiger partial charge on any atom is -0.860 e. The molecule has 7 nitrogen and oxygen atoms in total. The number of para-hydroxylation sites is 1. The van der Waals surface area contributed by atoms with Crippen LogP contribution in [0.5, 0.6) is 0 Å². The van der Waals surface area contributed by atoms with E-state index in [9.17, 15) is 18.3 Å². The van der Waals surface area contributed by atoms with Crippen LogP contribution in [0, 0.1) is 6.67 Å². The molecule has 0 fully saturated rings. The number of halogens is 3. The molecule has 38 heavy (non-hydrogen) atoms. The molecule has 2 aromatic heterocycles. The first-order chi connectivity index (χ1) is 17.9. The summed E-state index contributed by atoms with van der Waals surface area (Å²) in [6.07, 6.45) is 0.765. The first-order valence-corrected chi connectivity index (χ1v) is 11.2. The molecule has 11 heteroatoms. The number of pyridine rings is 1. The molecule has 196 valence electrons. The van der Waals surface area contributed by atoms with E-state index in [1.54, 1.807) is 23.1 Å². The van der Waals surface area contributed by atoms with Gasteiger partial charge in [0, 0.05) is 37.4 Å². The molecular weight excluding hydrogens is 588 g/mol. The quantitative estimate of drug-likeness (QED) is 0.182. The van der Waals surface area contributed by atoms with Crippen molar-refractivity contribution in [3.8, 4) is 11.4 Å². The van der Waals surface area contributed by atoms with Crippen molar-refractivity contribution in [3.63, 3.8) is 0 Å². The van der Waals surface area contributed by atoms with Gasteiger partial charge in [-0.25, -0.2) is 0 Å². The van der Waals surface area contributed by atoms with Crippen molar-refractivity contribution < 1.29 is 38.7 Å². The molecule has 0 aliphatic carbocycles. The van der Waals surface area contributed by atoms with Crippen LogP contribution < -0.4 is 10.2 Å². The summed E-state index contributed by atoms with van der Waals surface area (Å²) in [4.78, 5) is 11.6. The zero-order valence-corrected chi connectivity index (χ0v) is 21.3. The SMILES string of the molecule is FC(F)(F)c1cc(-c2ccccn2)[n-]n1.[O-]C(CN1[C]N(Cc2ccccc2)C=C1)=Nc1ccccc1.[Pd+2]. The number of hydrogen-bond donors (Lipinski definition) is 0. The number of nitrogens with zero attached hydrogens (tertiary/aromatic N) is 6. The minimum absolute atomic E-state index is 0. The van der Waals surface area contributed by atoms with Gasteiger partial charge in [-0.05, 0) is 41.8 Å². The summed E-state index contributed by atoms with van der Waals surface area (Å²) in [6, 6.07) is 25.2. The number of aromatic nitrogens is 3. The van der Waals surface area contributed by atoms with Gasteiger partial charge in [0.15, 0.2) is 0 Å². The molecule has 1 aliphatic rings. The number of rotatable bonds is 6. The average molecular weight is 609 g/mol. The summed E-state index contributed by atoms with van der Waals surface area (Å²) in [5.74, 6) is -0.190. The second kappa shape index (κ2) is 13.6. The molecule has 0 spiro atoms. The molecule has 0 atom stereocenters. The molecule has 0 saturated carbocycles. The Morgan fingerprint density at radius 1 is 0.921 bits per heavy atom. The van der Waals surface area contributed by atoms with Crippen molar-refractivity contribution in [1.29, 1.82) is 0 Å². The van der Waals surface area contributed by atoms with Crippen LogP contribution in [0.4, 0.5) is 18.9 Å². The standard InChI is InChI=1S/C18H17N3O.C9H5F3N3.Pd/c22-18(19-17-9-5-2-6-10-17)14-21-12-11-20(15-21)13-16-7-3-1-4-8-16;10-9(11,12)8-5-7(14-15-8)6-3-1-2-4-13-6;/h1-12H,13-14H2,(H,19,22);1-5H;/q;-1;+2/p-1. The molecule has 2 radical (unpaired) electrons. The zero-order valence-electron chi connectivity index (χ0n) is 19.8. The third-order valence-electron chi connectivity index (χ3n) is 4.95. The van der Waals surface area contributed by atoms with Crippen LogP contribution in [-0.2, 0) is 33.1 Å². The van der Waals surface area contributed by atoms with Gasteiger partial charge in [-0.2, -0.15) is 13.2 Å². The van der Waals surface area contributed by atoms with Gasteiger partial charge in [-0.3, -0.25) is 9.98 Å². The van der Waals surface area contributed by atoms with Crippen LogP contribution in [0.2, 0.25) is 0 Å². The number of alkyl halides is 3. The van der Waals surface area contributed by atoms with Crippen LogP contribution >= 0.6 is 0 Å². The van der Waals surface area contributed by atoms with Gasteiger partial charge >= 0.3 is 26.6 Å². The number of hydrogen-bond acceptors (Lipinski definition) is 6. The van der Waals surface area contributed by atoms with E-state index in [4.69, 9.17) is 0 Å². The fraction of sp³-hybridized carbons (Fsp3) is 0.111. The predicted molar refractivity (Wildman–Crippen MR) is 130 cm³/mol. The Hall–Kier alpha value is -3.94. The largest absolute Gasteiger partial charge is 2.00 e. The summed E-state index contributed by atoms with van der Waals surface area (Å²) >= 11 is 0. The topological polar surface area (TPSA) is 81.8 Å². The van der Waals surface area contributed by atoms with E-state index in [0.29, 0.717) is 11.4 Å². The Labute approximate surface area is 232 Å². The third-order valence-corrected chi connectivity index (χ3v) is 4.95. The molecule has 0 N–H and O–H groups in total. The maximum Gasteiger partial charge on any atom is 2.00 e. The van der Waals surface area contributed by atoms with E-state index in [-0.39, 0.29) is 38.6 Å². The van der Waals surface area contributed by atoms with Crippen LogP contribution in [0.3, 0.4) is 0 Å². The van der Waals surface area contributed by atoms with Crippen molar-refractivity contribution in [2.75, 3.05) is 6.54 Å². The Kier molecular flexibility index (Phi) is 10.2. The Balaban J connectivity index is 0.000000220. The second-order valence-corrected chi connectivity index (χ2v) is 7.81. The van der Waals surface area contributed by atoms with Gasteiger partial charge in [0.25, 0.3) is 0 Å². The van der Waals surface area contributed by atoms with Gasteiger partial charge in [-0.1, -0.05) is 60.3 Å². The van der Waals surface area contributed by atoms with Crippen molar-refractivity contribution in [2.45, 2.75) is 12.7 Å². The van der Waals surface area contributed by atoms with Crippen molar-refractivity contribution in [1.82, 2.24) is 25.0 Å². The summed E-state index contributed by atoms with van der Waals surface area (Å²) in [6.45, 7) is 4.06. The van der Waals surface area contributed by atoms with Crippen molar-refractivity contribution >= 4 is 11.6 Å². The molecule has 2 aromatic carbocycles. The van der Waals surface area contributed by atoms with Gasteiger partial charge in [0.2, 0.25) is 6.67 Å². The van der Waals surface area contributed by atoms with Crippen molar-refractivity contribution in [2.24, 2.45) is 4.99 Å². The summed E-state index contributed by atoms with van der Waals surface area (Å²) in [5, 5.41) is 18.4. The fourth-order valence-electron chi connectivity index (χ4n) is 3.25. The first-order valence-electron chi connectivity index (χ1n) is 11.2. The Morgan fingerprint density at radius 3 is 2.21 bits per heavy atom.